The fourth-order valence-electron chi connectivity index (χ4n) is 1.81. The van der Waals surface area contributed by atoms with Gasteiger partial charge in [0.05, 0.1) is 12.8 Å². The van der Waals surface area contributed by atoms with E-state index >= 15 is 0 Å². The van der Waals surface area contributed by atoms with E-state index < -0.39 is 0 Å². The van der Waals surface area contributed by atoms with Crippen LogP contribution in [0.25, 0.3) is 16.9 Å². The van der Waals surface area contributed by atoms with E-state index in [0.717, 1.165) is 28.5 Å². The second kappa shape index (κ2) is 4.10. The first kappa shape index (κ1) is 10.7. The number of hydrogen-bond donors (Lipinski definition) is 0. The maximum atomic E-state index is 5.14. The van der Waals surface area contributed by atoms with Crippen LogP contribution in [0.15, 0.2) is 36.4 Å². The molecule has 0 amide bonds. The van der Waals surface area contributed by atoms with Crippen LogP contribution in [-0.2, 0) is 0 Å². The van der Waals surface area contributed by atoms with Gasteiger partial charge in [-0.15, -0.1) is 10.2 Å². The van der Waals surface area contributed by atoms with Crippen LogP contribution in [-0.4, -0.2) is 26.9 Å². The molecule has 0 radical (unpaired) electrons. The number of ether oxygens (including phenoxy) is 1. The summed E-state index contributed by atoms with van der Waals surface area (Å²) in [6.07, 6.45) is 0. The summed E-state index contributed by atoms with van der Waals surface area (Å²) in [4.78, 5) is 0. The summed E-state index contributed by atoms with van der Waals surface area (Å²) in [7, 11) is 1.65. The number of methoxy groups -OCH3 is 1. The van der Waals surface area contributed by atoms with E-state index in [1.165, 1.54) is 0 Å². The first-order chi connectivity index (χ1) is 8.78. The minimum atomic E-state index is 0.754. The van der Waals surface area contributed by atoms with E-state index in [1.54, 1.807) is 11.6 Å². The van der Waals surface area contributed by atoms with Crippen LogP contribution in [0.5, 0.6) is 5.75 Å². The predicted molar refractivity (Wildman–Crippen MR) is 67.5 cm³/mol. The average Bonchev–Trinajstić information content (AvgIpc) is 2.80. The molecule has 0 spiro atoms. The van der Waals surface area contributed by atoms with Crippen LogP contribution >= 0.6 is 0 Å². The highest BCUT2D eigenvalue weighted by atomic mass is 16.5. The number of aromatic nitrogens is 4. The zero-order valence-electron chi connectivity index (χ0n) is 10.2. The lowest BCUT2D eigenvalue weighted by molar-refractivity contribution is 0.415. The molecule has 0 fully saturated rings. The summed E-state index contributed by atoms with van der Waals surface area (Å²) in [6.45, 7) is 1.88. The van der Waals surface area contributed by atoms with Gasteiger partial charge in [-0.25, -0.2) is 0 Å². The molecule has 0 saturated heterocycles. The van der Waals surface area contributed by atoms with Crippen molar-refractivity contribution in [2.24, 2.45) is 0 Å². The maximum Gasteiger partial charge on any atom is 0.177 e. The monoisotopic (exact) mass is 240 g/mol. The van der Waals surface area contributed by atoms with Gasteiger partial charge in [-0.3, -0.25) is 0 Å². The quantitative estimate of drug-likeness (QED) is 0.688. The summed E-state index contributed by atoms with van der Waals surface area (Å²) in [5.74, 6) is 1.61. The van der Waals surface area contributed by atoms with Crippen molar-refractivity contribution >= 4 is 5.65 Å². The van der Waals surface area contributed by atoms with E-state index in [9.17, 15) is 0 Å². The molecular formula is C13H12N4O. The first-order valence-corrected chi connectivity index (χ1v) is 5.61. The van der Waals surface area contributed by atoms with Gasteiger partial charge in [0, 0.05) is 5.56 Å². The van der Waals surface area contributed by atoms with Gasteiger partial charge in [0.2, 0.25) is 0 Å². The van der Waals surface area contributed by atoms with Crippen LogP contribution in [0, 0.1) is 6.92 Å². The van der Waals surface area contributed by atoms with Gasteiger partial charge in [0.1, 0.15) is 5.75 Å². The van der Waals surface area contributed by atoms with E-state index in [4.69, 9.17) is 4.74 Å². The van der Waals surface area contributed by atoms with Gasteiger partial charge in [-0.05, 0) is 43.3 Å². The molecule has 5 nitrogen and oxygen atoms in total. The Morgan fingerprint density at radius 2 is 1.78 bits per heavy atom. The summed E-state index contributed by atoms with van der Waals surface area (Å²) in [6, 6.07) is 11.6. The SMILES string of the molecule is COc1ccc(-c2ccc3nnc(C)n3n2)cc1. The van der Waals surface area contributed by atoms with Gasteiger partial charge in [0.25, 0.3) is 0 Å². The Bertz CT molecular complexity index is 688. The highest BCUT2D eigenvalue weighted by molar-refractivity contribution is 5.61. The standard InChI is InChI=1S/C13H12N4O/c1-9-14-15-13-8-7-12(16-17(9)13)10-3-5-11(18-2)6-4-10/h3-8H,1-2H3. The molecule has 90 valence electrons. The number of aryl methyl sites for hydroxylation is 1. The summed E-state index contributed by atoms with van der Waals surface area (Å²) >= 11 is 0. The molecular weight excluding hydrogens is 228 g/mol. The lowest BCUT2D eigenvalue weighted by Crippen LogP contribution is -1.96. The van der Waals surface area contributed by atoms with Gasteiger partial charge < -0.3 is 4.74 Å². The van der Waals surface area contributed by atoms with Crippen molar-refractivity contribution in [1.29, 1.82) is 0 Å². The van der Waals surface area contributed by atoms with Crippen molar-refractivity contribution in [3.63, 3.8) is 0 Å². The summed E-state index contributed by atoms with van der Waals surface area (Å²) in [5, 5.41) is 12.5. The zero-order valence-corrected chi connectivity index (χ0v) is 10.2. The Morgan fingerprint density at radius 3 is 2.50 bits per heavy atom. The number of hydrogen-bond acceptors (Lipinski definition) is 4. The molecule has 0 atom stereocenters. The number of fused-ring (bicyclic) bond motifs is 1. The third-order valence-electron chi connectivity index (χ3n) is 2.80. The zero-order chi connectivity index (χ0) is 12.5. The summed E-state index contributed by atoms with van der Waals surface area (Å²) < 4.78 is 6.87. The fraction of sp³-hybridized carbons (Fsp3) is 0.154. The number of benzene rings is 1. The maximum absolute atomic E-state index is 5.14. The minimum Gasteiger partial charge on any atom is -0.497 e. The Labute approximate surface area is 104 Å². The lowest BCUT2D eigenvalue weighted by atomic mass is 10.1. The second-order valence-corrected chi connectivity index (χ2v) is 3.96. The largest absolute Gasteiger partial charge is 0.497 e. The molecule has 0 bridgehead atoms. The number of nitrogens with zero attached hydrogens (tertiary/aromatic N) is 4. The van der Waals surface area contributed by atoms with Gasteiger partial charge in [0.15, 0.2) is 11.5 Å². The van der Waals surface area contributed by atoms with Crippen LogP contribution < -0.4 is 4.74 Å². The van der Waals surface area contributed by atoms with Crippen LogP contribution in [0.2, 0.25) is 0 Å². The van der Waals surface area contributed by atoms with Crippen LogP contribution in [0.3, 0.4) is 0 Å². The average molecular weight is 240 g/mol. The highest BCUT2D eigenvalue weighted by Gasteiger charge is 2.05. The minimum absolute atomic E-state index is 0.754. The molecule has 0 unspecified atom stereocenters. The molecule has 18 heavy (non-hydrogen) atoms. The van der Waals surface area contributed by atoms with E-state index in [0.29, 0.717) is 0 Å². The molecule has 0 aliphatic heterocycles. The van der Waals surface area contributed by atoms with E-state index in [1.807, 2.05) is 43.3 Å². The van der Waals surface area contributed by atoms with Gasteiger partial charge in [-0.1, -0.05) is 0 Å². The Kier molecular flexibility index (Phi) is 2.44. The first-order valence-electron chi connectivity index (χ1n) is 5.61. The Balaban J connectivity index is 2.09. The third kappa shape index (κ3) is 1.69. The smallest absolute Gasteiger partial charge is 0.177 e. The number of rotatable bonds is 2. The van der Waals surface area contributed by atoms with Crippen molar-refractivity contribution in [2.45, 2.75) is 6.92 Å². The van der Waals surface area contributed by atoms with Crippen molar-refractivity contribution in [2.75, 3.05) is 7.11 Å². The third-order valence-corrected chi connectivity index (χ3v) is 2.80. The molecule has 5 heteroatoms. The molecule has 1 aromatic carbocycles. The van der Waals surface area contributed by atoms with Crippen molar-refractivity contribution < 1.29 is 4.74 Å². The van der Waals surface area contributed by atoms with Crippen molar-refractivity contribution in [1.82, 2.24) is 19.8 Å². The molecule has 2 heterocycles. The van der Waals surface area contributed by atoms with Gasteiger partial charge >= 0.3 is 0 Å². The van der Waals surface area contributed by atoms with E-state index in [-0.39, 0.29) is 0 Å². The van der Waals surface area contributed by atoms with Crippen LogP contribution in [0.4, 0.5) is 0 Å². The fourth-order valence-corrected chi connectivity index (χ4v) is 1.81. The Morgan fingerprint density at radius 1 is 1.00 bits per heavy atom. The molecule has 0 saturated carbocycles. The summed E-state index contributed by atoms with van der Waals surface area (Å²) in [5.41, 5.74) is 2.67. The van der Waals surface area contributed by atoms with Crippen LogP contribution in [0.1, 0.15) is 5.82 Å². The lowest BCUT2D eigenvalue weighted by Gasteiger charge is -2.03. The highest BCUT2D eigenvalue weighted by Crippen LogP contribution is 2.20. The molecule has 2 aromatic heterocycles. The predicted octanol–water partition coefficient (Wildman–Crippen LogP) is 2.11. The van der Waals surface area contributed by atoms with Gasteiger partial charge in [-0.2, -0.15) is 9.61 Å². The second-order valence-electron chi connectivity index (χ2n) is 3.96. The molecule has 3 aromatic rings. The topological polar surface area (TPSA) is 52.3 Å². The molecule has 0 aliphatic carbocycles. The molecule has 3 rings (SSSR count). The normalized spacial score (nSPS) is 10.8. The van der Waals surface area contributed by atoms with Crippen molar-refractivity contribution in [3.05, 3.63) is 42.2 Å². The van der Waals surface area contributed by atoms with Crippen molar-refractivity contribution in [3.8, 4) is 17.0 Å². The Hall–Kier alpha value is -2.43. The van der Waals surface area contributed by atoms with E-state index in [2.05, 4.69) is 15.3 Å². The molecule has 0 N–H and O–H groups in total. The molecule has 0 aliphatic rings.